The molecule has 5 nitrogen and oxygen atoms in total. The molecule has 152 valence electrons. The normalized spacial score (nSPS) is 13.1. The zero-order valence-corrected chi connectivity index (χ0v) is 18.4. The summed E-state index contributed by atoms with van der Waals surface area (Å²) in [4.78, 5) is 27.2. The number of aromatic amines is 1. The van der Waals surface area contributed by atoms with Gasteiger partial charge in [-0.25, -0.2) is 0 Å². The molecule has 28 heavy (non-hydrogen) atoms. The molecule has 0 saturated heterocycles. The molecule has 0 bridgehead atoms. The monoisotopic (exact) mass is 423 g/mol. The number of thiazole rings is 1. The minimum atomic E-state index is -0.501. The number of nitrogens with one attached hydrogen (secondary N) is 1. The van der Waals surface area contributed by atoms with Gasteiger partial charge in [0, 0.05) is 11.5 Å². The van der Waals surface area contributed by atoms with E-state index in [-0.39, 0.29) is 11.3 Å². The molecule has 0 atom stereocenters. The number of hydrogen-bond acceptors (Lipinski definition) is 5. The van der Waals surface area contributed by atoms with E-state index in [1.54, 1.807) is 18.2 Å². The summed E-state index contributed by atoms with van der Waals surface area (Å²) >= 11 is 7.60. The molecular weight excluding hydrogens is 398 g/mol. The van der Waals surface area contributed by atoms with E-state index in [2.05, 4.69) is 4.98 Å². The lowest BCUT2D eigenvalue weighted by molar-refractivity contribution is -0.119. The number of carbonyl (C=O) groups is 1. The minimum Gasteiger partial charge on any atom is -0.490 e. The Morgan fingerprint density at radius 2 is 1.96 bits per heavy atom. The third-order valence-electron chi connectivity index (χ3n) is 3.76. The molecule has 0 saturated carbocycles. The second-order valence-corrected chi connectivity index (χ2v) is 8.79. The number of ketones is 1. The molecule has 0 aliphatic rings. The Hall–Kier alpha value is -2.05. The van der Waals surface area contributed by atoms with Crippen molar-refractivity contribution in [3.63, 3.8) is 0 Å². The molecule has 7 heteroatoms. The first-order chi connectivity index (χ1) is 13.2. The lowest BCUT2D eigenvalue weighted by Crippen LogP contribution is -2.22. The molecule has 1 N–H and O–H groups in total. The summed E-state index contributed by atoms with van der Waals surface area (Å²) in [6, 6.07) is 3.53. The summed E-state index contributed by atoms with van der Waals surface area (Å²) in [5.41, 5.74) is -0.0318. The quantitative estimate of drug-likeness (QED) is 0.740. The number of H-pyrrole nitrogens is 1. The predicted octanol–water partition coefficient (Wildman–Crippen LogP) is 3.50. The van der Waals surface area contributed by atoms with Crippen LogP contribution in [0.3, 0.4) is 0 Å². The van der Waals surface area contributed by atoms with Gasteiger partial charge in [-0.05, 0) is 37.1 Å². The number of halogens is 1. The number of Topliss-reactive ketones (excluding diaryl/α,β-unsaturated/α-hetero) is 1. The summed E-state index contributed by atoms with van der Waals surface area (Å²) in [7, 11) is 0. The summed E-state index contributed by atoms with van der Waals surface area (Å²) in [5.74, 6) is 1.00. The molecule has 0 amide bonds. The summed E-state index contributed by atoms with van der Waals surface area (Å²) in [6.45, 7) is 10.4. The van der Waals surface area contributed by atoms with Gasteiger partial charge < -0.3 is 14.5 Å². The summed E-state index contributed by atoms with van der Waals surface area (Å²) in [5, 5.41) is 0.424. The maximum atomic E-state index is 12.3. The molecule has 0 unspecified atom stereocenters. The second-order valence-electron chi connectivity index (χ2n) is 7.30. The van der Waals surface area contributed by atoms with Crippen molar-refractivity contribution in [1.29, 1.82) is 0 Å². The first kappa shape index (κ1) is 22.2. The van der Waals surface area contributed by atoms with Crippen molar-refractivity contribution < 1.29 is 14.3 Å². The Morgan fingerprint density at radius 3 is 2.57 bits per heavy atom. The van der Waals surface area contributed by atoms with E-state index in [1.807, 2.05) is 34.6 Å². The number of rotatable bonds is 7. The van der Waals surface area contributed by atoms with Crippen molar-refractivity contribution >= 4 is 40.9 Å². The largest absolute Gasteiger partial charge is 0.490 e. The van der Waals surface area contributed by atoms with Crippen molar-refractivity contribution in [3.05, 3.63) is 42.3 Å². The Balaban J connectivity index is 2.49. The van der Waals surface area contributed by atoms with Gasteiger partial charge in [0.15, 0.2) is 17.3 Å². The van der Waals surface area contributed by atoms with Gasteiger partial charge in [-0.2, -0.15) is 0 Å². The van der Waals surface area contributed by atoms with Crippen molar-refractivity contribution in [3.8, 4) is 11.5 Å². The van der Waals surface area contributed by atoms with Gasteiger partial charge >= 0.3 is 0 Å². The molecule has 0 spiro atoms. The Bertz CT molecular complexity index is 1010. The van der Waals surface area contributed by atoms with Gasteiger partial charge in [0.2, 0.25) is 0 Å². The van der Waals surface area contributed by atoms with Gasteiger partial charge in [-0.3, -0.25) is 9.59 Å². The van der Waals surface area contributed by atoms with E-state index < -0.39 is 5.41 Å². The first-order valence-electron chi connectivity index (χ1n) is 9.21. The van der Waals surface area contributed by atoms with Crippen LogP contribution < -0.4 is 24.2 Å². The van der Waals surface area contributed by atoms with Crippen LogP contribution in [0, 0.1) is 5.41 Å². The van der Waals surface area contributed by atoms with E-state index >= 15 is 0 Å². The highest BCUT2D eigenvalue weighted by Crippen LogP contribution is 2.37. The van der Waals surface area contributed by atoms with Crippen molar-refractivity contribution in [1.82, 2.24) is 4.98 Å². The smallest absolute Gasteiger partial charge is 0.266 e. The predicted molar refractivity (Wildman–Crippen MR) is 115 cm³/mol. The number of hydrogen-bond donors (Lipinski definition) is 1. The van der Waals surface area contributed by atoms with Crippen LogP contribution in [0.25, 0.3) is 12.2 Å². The summed E-state index contributed by atoms with van der Waals surface area (Å²) < 4.78 is 12.4. The average Bonchev–Trinajstić information content (AvgIpc) is 2.93. The Morgan fingerprint density at radius 1 is 1.25 bits per heavy atom. The lowest BCUT2D eigenvalue weighted by atomic mass is 9.91. The second kappa shape index (κ2) is 9.43. The van der Waals surface area contributed by atoms with Crippen LogP contribution in [-0.2, 0) is 4.79 Å². The topological polar surface area (TPSA) is 68.4 Å². The molecule has 0 radical (unpaired) electrons. The van der Waals surface area contributed by atoms with Gasteiger partial charge in [-0.15, -0.1) is 11.3 Å². The first-order valence-corrected chi connectivity index (χ1v) is 10.4. The fourth-order valence-electron chi connectivity index (χ4n) is 2.29. The molecule has 0 aliphatic heterocycles. The van der Waals surface area contributed by atoms with Crippen LogP contribution in [0.15, 0.2) is 16.9 Å². The number of carbonyl (C=O) groups excluding carboxylic acids is 1. The minimum absolute atomic E-state index is 0.0457. The molecule has 1 aromatic carbocycles. The van der Waals surface area contributed by atoms with Crippen LogP contribution in [0.2, 0.25) is 5.02 Å². The zero-order chi connectivity index (χ0) is 20.9. The molecular formula is C21H26ClNO4S. The SMILES string of the molecule is CCCOc1c(Cl)cc(/C=c2/s/c(=C/C(=O)C(C)(C)C)[nH]c2=O)cc1OCC. The molecule has 1 aromatic heterocycles. The highest BCUT2D eigenvalue weighted by atomic mass is 35.5. The highest BCUT2D eigenvalue weighted by Gasteiger charge is 2.18. The summed E-state index contributed by atoms with van der Waals surface area (Å²) in [6.07, 6.45) is 4.05. The van der Waals surface area contributed by atoms with Crippen molar-refractivity contribution in [2.75, 3.05) is 13.2 Å². The van der Waals surface area contributed by atoms with Gasteiger partial charge in [-0.1, -0.05) is 39.3 Å². The molecule has 2 rings (SSSR count). The number of benzene rings is 1. The van der Waals surface area contributed by atoms with Gasteiger partial charge in [0.25, 0.3) is 5.56 Å². The average molecular weight is 424 g/mol. The number of aromatic nitrogens is 1. The molecule has 1 heterocycles. The van der Waals surface area contributed by atoms with Gasteiger partial charge in [0.1, 0.15) is 0 Å². The molecule has 0 aliphatic carbocycles. The fourth-order valence-corrected chi connectivity index (χ4v) is 3.45. The lowest BCUT2D eigenvalue weighted by Gasteiger charge is -2.13. The van der Waals surface area contributed by atoms with E-state index in [4.69, 9.17) is 21.1 Å². The van der Waals surface area contributed by atoms with Crippen molar-refractivity contribution in [2.24, 2.45) is 5.41 Å². The Labute approximate surface area is 173 Å². The fraction of sp³-hybridized carbons (Fsp3) is 0.429. The van der Waals surface area contributed by atoms with E-state index in [9.17, 15) is 9.59 Å². The third-order valence-corrected chi connectivity index (χ3v) is 5.01. The molecule has 2 aromatic rings. The third kappa shape index (κ3) is 5.72. The standard InChI is InChI=1S/C21H26ClNO4S/c1-6-8-27-19-14(22)9-13(10-15(19)26-7-2)11-16-20(25)23-18(28-16)12-17(24)21(3,4)5/h9-12H,6-8H2,1-5H3,(H,23,25)/b16-11+,18-12+. The van der Waals surface area contributed by atoms with Crippen LogP contribution in [0.4, 0.5) is 0 Å². The zero-order valence-electron chi connectivity index (χ0n) is 16.8. The van der Waals surface area contributed by atoms with Gasteiger partial charge in [0.05, 0.1) is 27.4 Å². The van der Waals surface area contributed by atoms with Crippen LogP contribution in [0.1, 0.15) is 46.6 Å². The van der Waals surface area contributed by atoms with Crippen LogP contribution in [-0.4, -0.2) is 24.0 Å². The maximum absolute atomic E-state index is 12.3. The highest BCUT2D eigenvalue weighted by molar-refractivity contribution is 7.07. The van der Waals surface area contributed by atoms with E-state index in [1.165, 1.54) is 17.4 Å². The van der Waals surface area contributed by atoms with Crippen LogP contribution >= 0.6 is 22.9 Å². The Kier molecular flexibility index (Phi) is 7.49. The van der Waals surface area contributed by atoms with E-state index in [0.29, 0.717) is 38.9 Å². The number of ether oxygens (including phenoxy) is 2. The molecule has 0 fully saturated rings. The van der Waals surface area contributed by atoms with E-state index in [0.717, 1.165) is 12.0 Å². The maximum Gasteiger partial charge on any atom is 0.266 e. The van der Waals surface area contributed by atoms with Crippen molar-refractivity contribution in [2.45, 2.75) is 41.0 Å². The van der Waals surface area contributed by atoms with Crippen LogP contribution in [0.5, 0.6) is 11.5 Å².